The topological polar surface area (TPSA) is 55.1 Å². The Morgan fingerprint density at radius 2 is 1.83 bits per heavy atom. The van der Waals surface area contributed by atoms with Gasteiger partial charge in [0.25, 0.3) is 0 Å². The molecule has 0 spiro atoms. The third-order valence-corrected chi connectivity index (χ3v) is 3.62. The number of benzene rings is 2. The lowest BCUT2D eigenvalue weighted by Crippen LogP contribution is -1.97. The summed E-state index contributed by atoms with van der Waals surface area (Å²) >= 11 is 0. The Kier molecular flexibility index (Phi) is 4.73. The van der Waals surface area contributed by atoms with Gasteiger partial charge in [0.05, 0.1) is 18.9 Å². The van der Waals surface area contributed by atoms with E-state index < -0.39 is 0 Å². The number of hydrogen-bond donors (Lipinski definition) is 0. The molecular formula is C20H16N2O2. The number of nitrogens with zero attached hydrogens (tertiary/aromatic N) is 2. The van der Waals surface area contributed by atoms with Crippen LogP contribution in [0.4, 0.5) is 0 Å². The molecule has 1 heterocycles. The first-order valence-corrected chi connectivity index (χ1v) is 7.50. The summed E-state index contributed by atoms with van der Waals surface area (Å²) in [6, 6.07) is 19.5. The van der Waals surface area contributed by atoms with Crippen molar-refractivity contribution in [2.45, 2.75) is 6.61 Å². The van der Waals surface area contributed by atoms with Crippen LogP contribution >= 0.6 is 0 Å². The number of methoxy groups -OCH3 is 1. The van der Waals surface area contributed by atoms with Crippen LogP contribution in [-0.4, -0.2) is 12.1 Å². The Labute approximate surface area is 140 Å². The second-order valence-electron chi connectivity index (χ2n) is 5.21. The van der Waals surface area contributed by atoms with E-state index in [1.165, 1.54) is 0 Å². The molecule has 1 aromatic heterocycles. The van der Waals surface area contributed by atoms with Crippen LogP contribution in [-0.2, 0) is 6.61 Å². The van der Waals surface area contributed by atoms with Crippen LogP contribution in [0, 0.1) is 11.3 Å². The molecule has 0 aliphatic rings. The van der Waals surface area contributed by atoms with Crippen LogP contribution in [0.1, 0.15) is 11.1 Å². The van der Waals surface area contributed by atoms with E-state index in [1.54, 1.807) is 25.6 Å². The van der Waals surface area contributed by atoms with Crippen molar-refractivity contribution in [3.05, 3.63) is 78.1 Å². The maximum absolute atomic E-state index is 9.42. The molecular weight excluding hydrogens is 300 g/mol. The van der Waals surface area contributed by atoms with Crippen LogP contribution in [0.5, 0.6) is 11.5 Å². The molecule has 4 heteroatoms. The molecule has 0 unspecified atom stereocenters. The maximum atomic E-state index is 9.42. The van der Waals surface area contributed by atoms with Crippen LogP contribution in [0.2, 0.25) is 0 Å². The van der Waals surface area contributed by atoms with Gasteiger partial charge >= 0.3 is 0 Å². The lowest BCUT2D eigenvalue weighted by molar-refractivity contribution is 0.305. The fraction of sp³-hybridized carbons (Fsp3) is 0.100. The number of nitriles is 1. The van der Waals surface area contributed by atoms with Gasteiger partial charge in [-0.25, -0.2) is 0 Å². The second kappa shape index (κ2) is 7.30. The van der Waals surface area contributed by atoms with E-state index in [0.29, 0.717) is 23.7 Å². The molecule has 4 nitrogen and oxygen atoms in total. The quantitative estimate of drug-likeness (QED) is 0.707. The molecule has 0 aliphatic carbocycles. The van der Waals surface area contributed by atoms with Gasteiger partial charge in [0, 0.05) is 11.8 Å². The molecule has 0 radical (unpaired) electrons. The summed E-state index contributed by atoms with van der Waals surface area (Å²) in [4.78, 5) is 4.15. The molecule has 0 atom stereocenters. The number of aromatic nitrogens is 1. The number of hydrogen-bond acceptors (Lipinski definition) is 4. The normalized spacial score (nSPS) is 10.0. The predicted molar refractivity (Wildman–Crippen MR) is 91.7 cm³/mol. The highest BCUT2D eigenvalue weighted by Gasteiger charge is 2.08. The first kappa shape index (κ1) is 15.6. The molecule has 0 aliphatic heterocycles. The number of rotatable bonds is 5. The van der Waals surface area contributed by atoms with Crippen molar-refractivity contribution in [1.29, 1.82) is 5.26 Å². The van der Waals surface area contributed by atoms with Gasteiger partial charge in [-0.3, -0.25) is 4.98 Å². The number of ether oxygens (including phenoxy) is 2. The monoisotopic (exact) mass is 316 g/mol. The van der Waals surface area contributed by atoms with Gasteiger partial charge in [0.2, 0.25) is 0 Å². The maximum Gasteiger partial charge on any atom is 0.137 e. The standard InChI is InChI=1S/C20H16N2O2/c1-23-19-10-18(12-22-13-19)16-7-8-20(17(9-16)11-21)24-14-15-5-3-2-4-6-15/h2-10,12-13H,14H2,1H3. The van der Waals surface area contributed by atoms with Crippen LogP contribution in [0.3, 0.4) is 0 Å². The van der Waals surface area contributed by atoms with E-state index in [1.807, 2.05) is 48.5 Å². The van der Waals surface area contributed by atoms with Crippen molar-refractivity contribution in [1.82, 2.24) is 4.98 Å². The molecule has 0 N–H and O–H groups in total. The molecule has 2 aromatic carbocycles. The Balaban J connectivity index is 1.84. The van der Waals surface area contributed by atoms with Crippen molar-refractivity contribution < 1.29 is 9.47 Å². The van der Waals surface area contributed by atoms with Crippen LogP contribution in [0.25, 0.3) is 11.1 Å². The van der Waals surface area contributed by atoms with Crippen molar-refractivity contribution in [2.24, 2.45) is 0 Å². The minimum atomic E-state index is 0.426. The second-order valence-corrected chi connectivity index (χ2v) is 5.21. The lowest BCUT2D eigenvalue weighted by atomic mass is 10.0. The molecule has 3 rings (SSSR count). The van der Waals surface area contributed by atoms with Crippen molar-refractivity contribution >= 4 is 0 Å². The molecule has 3 aromatic rings. The van der Waals surface area contributed by atoms with Gasteiger partial charge < -0.3 is 9.47 Å². The van der Waals surface area contributed by atoms with E-state index in [2.05, 4.69) is 11.1 Å². The summed E-state index contributed by atoms with van der Waals surface area (Å²) in [5.74, 6) is 1.25. The fourth-order valence-electron chi connectivity index (χ4n) is 2.35. The summed E-state index contributed by atoms with van der Waals surface area (Å²) < 4.78 is 11.0. The summed E-state index contributed by atoms with van der Waals surface area (Å²) in [5.41, 5.74) is 3.33. The van der Waals surface area contributed by atoms with Gasteiger partial charge in [-0.1, -0.05) is 36.4 Å². The van der Waals surface area contributed by atoms with E-state index in [4.69, 9.17) is 9.47 Å². The molecule has 0 fully saturated rings. The van der Waals surface area contributed by atoms with Gasteiger partial charge in [0.15, 0.2) is 0 Å². The van der Waals surface area contributed by atoms with Gasteiger partial charge in [-0.2, -0.15) is 5.26 Å². The van der Waals surface area contributed by atoms with Crippen molar-refractivity contribution in [3.63, 3.8) is 0 Å². The highest BCUT2D eigenvalue weighted by molar-refractivity contribution is 5.67. The summed E-state index contributed by atoms with van der Waals surface area (Å²) in [5, 5.41) is 9.42. The molecule has 118 valence electrons. The molecule has 24 heavy (non-hydrogen) atoms. The zero-order chi connectivity index (χ0) is 16.8. The SMILES string of the molecule is COc1cncc(-c2ccc(OCc3ccccc3)c(C#N)c2)c1. The predicted octanol–water partition coefficient (Wildman–Crippen LogP) is 4.21. The van der Waals surface area contributed by atoms with E-state index in [9.17, 15) is 5.26 Å². The Bertz CT molecular complexity index is 870. The van der Waals surface area contributed by atoms with E-state index >= 15 is 0 Å². The van der Waals surface area contributed by atoms with Crippen LogP contribution < -0.4 is 9.47 Å². The Morgan fingerprint density at radius 3 is 2.58 bits per heavy atom. The lowest BCUT2D eigenvalue weighted by Gasteiger charge is -2.10. The summed E-state index contributed by atoms with van der Waals surface area (Å²) in [6.07, 6.45) is 3.38. The average Bonchev–Trinajstić information content (AvgIpc) is 2.67. The summed E-state index contributed by atoms with van der Waals surface area (Å²) in [6.45, 7) is 0.426. The molecule has 0 saturated carbocycles. The highest BCUT2D eigenvalue weighted by atomic mass is 16.5. The first-order chi connectivity index (χ1) is 11.8. The first-order valence-electron chi connectivity index (χ1n) is 7.50. The fourth-order valence-corrected chi connectivity index (χ4v) is 2.35. The molecule has 0 saturated heterocycles. The zero-order valence-electron chi connectivity index (χ0n) is 13.3. The van der Waals surface area contributed by atoms with Crippen LogP contribution in [0.15, 0.2) is 67.0 Å². The van der Waals surface area contributed by atoms with Crippen molar-refractivity contribution in [3.8, 4) is 28.7 Å². The Hall–Kier alpha value is -3.32. The minimum absolute atomic E-state index is 0.426. The Morgan fingerprint density at radius 1 is 1.00 bits per heavy atom. The summed E-state index contributed by atoms with van der Waals surface area (Å²) in [7, 11) is 1.60. The largest absolute Gasteiger partial charge is 0.495 e. The number of pyridine rings is 1. The third-order valence-electron chi connectivity index (χ3n) is 3.62. The van der Waals surface area contributed by atoms with E-state index in [-0.39, 0.29) is 0 Å². The average molecular weight is 316 g/mol. The molecule has 0 amide bonds. The third kappa shape index (κ3) is 3.53. The van der Waals surface area contributed by atoms with Gasteiger partial charge in [0.1, 0.15) is 24.2 Å². The minimum Gasteiger partial charge on any atom is -0.495 e. The highest BCUT2D eigenvalue weighted by Crippen LogP contribution is 2.28. The van der Waals surface area contributed by atoms with Gasteiger partial charge in [-0.05, 0) is 29.3 Å². The van der Waals surface area contributed by atoms with Gasteiger partial charge in [-0.15, -0.1) is 0 Å². The van der Waals surface area contributed by atoms with Crippen molar-refractivity contribution in [2.75, 3.05) is 7.11 Å². The smallest absolute Gasteiger partial charge is 0.137 e. The van der Waals surface area contributed by atoms with E-state index in [0.717, 1.165) is 16.7 Å². The molecule has 0 bridgehead atoms. The zero-order valence-corrected chi connectivity index (χ0v) is 13.3.